The molecule has 62 valence electrons. The maximum absolute atomic E-state index is 5.03. The number of hydrogen-bond acceptors (Lipinski definition) is 2. The summed E-state index contributed by atoms with van der Waals surface area (Å²) in [4.78, 5) is 0. The smallest absolute Gasteiger partial charge is 0.115 e. The molecular formula is C9H14O2. The van der Waals surface area contributed by atoms with Crippen LogP contribution in [0.25, 0.3) is 0 Å². The van der Waals surface area contributed by atoms with Crippen LogP contribution in [0.4, 0.5) is 0 Å². The zero-order valence-electron chi connectivity index (χ0n) is 7.09. The van der Waals surface area contributed by atoms with Gasteiger partial charge in [0.15, 0.2) is 0 Å². The van der Waals surface area contributed by atoms with Gasteiger partial charge in [-0.1, -0.05) is 13.2 Å². The Bertz CT molecular complexity index is 168. The van der Waals surface area contributed by atoms with E-state index in [2.05, 4.69) is 13.2 Å². The van der Waals surface area contributed by atoms with Gasteiger partial charge in [0.2, 0.25) is 0 Å². The molecule has 0 aliphatic heterocycles. The van der Waals surface area contributed by atoms with Crippen LogP contribution < -0.4 is 0 Å². The molecule has 0 heterocycles. The van der Waals surface area contributed by atoms with E-state index >= 15 is 0 Å². The first-order chi connectivity index (χ1) is 5.16. The number of rotatable bonds is 5. The highest BCUT2D eigenvalue weighted by Gasteiger charge is 1.84. The van der Waals surface area contributed by atoms with Crippen molar-refractivity contribution in [2.45, 2.75) is 13.8 Å². The molecule has 0 saturated heterocycles. The van der Waals surface area contributed by atoms with E-state index in [1.807, 2.05) is 6.92 Å². The van der Waals surface area contributed by atoms with Crippen LogP contribution in [0.15, 0.2) is 37.0 Å². The summed E-state index contributed by atoms with van der Waals surface area (Å²) in [7, 11) is 0. The molecule has 0 radical (unpaired) electrons. The fourth-order valence-electron chi connectivity index (χ4n) is 0.460. The summed E-state index contributed by atoms with van der Waals surface area (Å²) in [5.74, 6) is 1.24. The van der Waals surface area contributed by atoms with E-state index in [1.54, 1.807) is 13.0 Å². The summed E-state index contributed by atoms with van der Waals surface area (Å²) in [6, 6.07) is 0. The number of ether oxygens (including phenoxy) is 2. The quantitative estimate of drug-likeness (QED) is 0.447. The molecule has 0 aliphatic rings. The molecule has 0 saturated carbocycles. The van der Waals surface area contributed by atoms with Gasteiger partial charge in [-0.25, -0.2) is 0 Å². The van der Waals surface area contributed by atoms with Crippen molar-refractivity contribution >= 4 is 0 Å². The van der Waals surface area contributed by atoms with Gasteiger partial charge < -0.3 is 9.47 Å². The van der Waals surface area contributed by atoms with Crippen molar-refractivity contribution in [3.8, 4) is 0 Å². The van der Waals surface area contributed by atoms with Crippen molar-refractivity contribution in [1.82, 2.24) is 0 Å². The fraction of sp³-hybridized carbons (Fsp3) is 0.333. The molecule has 0 bridgehead atoms. The Morgan fingerprint density at radius 2 is 2.09 bits per heavy atom. The Kier molecular flexibility index (Phi) is 4.99. The van der Waals surface area contributed by atoms with Crippen molar-refractivity contribution in [3.63, 3.8) is 0 Å². The zero-order chi connectivity index (χ0) is 8.69. The molecule has 2 nitrogen and oxygen atoms in total. The van der Waals surface area contributed by atoms with Gasteiger partial charge in [-0.2, -0.15) is 0 Å². The van der Waals surface area contributed by atoms with Crippen molar-refractivity contribution in [1.29, 1.82) is 0 Å². The molecule has 0 spiro atoms. The second-order valence-electron chi connectivity index (χ2n) is 2.02. The van der Waals surface area contributed by atoms with Crippen molar-refractivity contribution in [3.05, 3.63) is 37.0 Å². The predicted octanol–water partition coefficient (Wildman–Crippen LogP) is 2.60. The minimum absolute atomic E-state index is 0.591. The van der Waals surface area contributed by atoms with Gasteiger partial charge in [0, 0.05) is 6.08 Å². The lowest BCUT2D eigenvalue weighted by molar-refractivity contribution is 0.241. The van der Waals surface area contributed by atoms with Crippen molar-refractivity contribution in [2.75, 3.05) is 6.61 Å². The van der Waals surface area contributed by atoms with Crippen LogP contribution in [0.2, 0.25) is 0 Å². The lowest BCUT2D eigenvalue weighted by Gasteiger charge is -2.00. The van der Waals surface area contributed by atoms with E-state index in [9.17, 15) is 0 Å². The largest absolute Gasteiger partial charge is 0.494 e. The molecule has 2 heteroatoms. The second-order valence-corrected chi connectivity index (χ2v) is 2.02. The van der Waals surface area contributed by atoms with E-state index in [0.717, 1.165) is 0 Å². The third kappa shape index (κ3) is 6.71. The van der Waals surface area contributed by atoms with Gasteiger partial charge >= 0.3 is 0 Å². The summed E-state index contributed by atoms with van der Waals surface area (Å²) < 4.78 is 9.98. The highest BCUT2D eigenvalue weighted by Crippen LogP contribution is 1.97. The van der Waals surface area contributed by atoms with E-state index in [0.29, 0.717) is 18.1 Å². The molecule has 0 fully saturated rings. The molecule has 0 rings (SSSR count). The van der Waals surface area contributed by atoms with Crippen molar-refractivity contribution in [2.24, 2.45) is 0 Å². The van der Waals surface area contributed by atoms with Gasteiger partial charge in [-0.15, -0.1) is 0 Å². The SMILES string of the molecule is C=C(C)O/C=C/C(=C)OCC. The van der Waals surface area contributed by atoms with E-state index < -0.39 is 0 Å². The summed E-state index contributed by atoms with van der Waals surface area (Å²) in [6.07, 6.45) is 3.15. The monoisotopic (exact) mass is 154 g/mol. The van der Waals surface area contributed by atoms with Crippen molar-refractivity contribution < 1.29 is 9.47 Å². The molecule has 11 heavy (non-hydrogen) atoms. The third-order valence-electron chi connectivity index (χ3n) is 0.853. The molecule has 0 aromatic carbocycles. The van der Waals surface area contributed by atoms with Crippen LogP contribution in [-0.2, 0) is 9.47 Å². The van der Waals surface area contributed by atoms with Crippen LogP contribution in [-0.4, -0.2) is 6.61 Å². The van der Waals surface area contributed by atoms with Gasteiger partial charge in [0.25, 0.3) is 0 Å². The van der Waals surface area contributed by atoms with Crippen LogP contribution >= 0.6 is 0 Å². The van der Waals surface area contributed by atoms with Crippen LogP contribution in [0.3, 0.4) is 0 Å². The highest BCUT2D eigenvalue weighted by atomic mass is 16.5. The van der Waals surface area contributed by atoms with Crippen LogP contribution in [0.1, 0.15) is 13.8 Å². The van der Waals surface area contributed by atoms with Gasteiger partial charge in [-0.3, -0.25) is 0 Å². The van der Waals surface area contributed by atoms with E-state index in [1.165, 1.54) is 6.26 Å². The van der Waals surface area contributed by atoms with Gasteiger partial charge in [0.1, 0.15) is 5.76 Å². The Labute approximate surface area is 67.8 Å². The molecule has 0 amide bonds. The lowest BCUT2D eigenvalue weighted by atomic mass is 10.5. The summed E-state index contributed by atoms with van der Waals surface area (Å²) >= 11 is 0. The zero-order valence-corrected chi connectivity index (χ0v) is 7.09. The molecule has 0 aromatic heterocycles. The molecular weight excluding hydrogens is 140 g/mol. The third-order valence-corrected chi connectivity index (χ3v) is 0.853. The number of allylic oxidation sites excluding steroid dienone is 2. The Balaban J connectivity index is 3.56. The maximum atomic E-state index is 5.03. The normalized spacial score (nSPS) is 9.64. The average molecular weight is 154 g/mol. The Morgan fingerprint density at radius 3 is 2.55 bits per heavy atom. The maximum Gasteiger partial charge on any atom is 0.115 e. The number of hydrogen-bond donors (Lipinski definition) is 0. The lowest BCUT2D eigenvalue weighted by Crippen LogP contribution is -1.85. The fourth-order valence-corrected chi connectivity index (χ4v) is 0.460. The minimum Gasteiger partial charge on any atom is -0.494 e. The molecule has 0 unspecified atom stereocenters. The first kappa shape index (κ1) is 9.82. The van der Waals surface area contributed by atoms with Crippen LogP contribution in [0, 0.1) is 0 Å². The van der Waals surface area contributed by atoms with Crippen LogP contribution in [0.5, 0.6) is 0 Å². The second kappa shape index (κ2) is 5.59. The molecule has 0 N–H and O–H groups in total. The molecule has 0 atom stereocenters. The summed E-state index contributed by atoms with van der Waals surface area (Å²) in [5.41, 5.74) is 0. The minimum atomic E-state index is 0.591. The average Bonchev–Trinajstić information content (AvgIpc) is 1.87. The Morgan fingerprint density at radius 1 is 1.45 bits per heavy atom. The first-order valence-electron chi connectivity index (χ1n) is 3.47. The predicted molar refractivity (Wildman–Crippen MR) is 45.8 cm³/mol. The molecule has 0 aliphatic carbocycles. The summed E-state index contributed by atoms with van der Waals surface area (Å²) in [6.45, 7) is 11.5. The van der Waals surface area contributed by atoms with E-state index in [4.69, 9.17) is 9.47 Å². The molecule has 0 aromatic rings. The topological polar surface area (TPSA) is 18.5 Å². The standard InChI is InChI=1S/C9H14O2/c1-5-10-9(4)6-7-11-8(2)3/h6-7H,2,4-5H2,1,3H3/b7-6+. The van der Waals surface area contributed by atoms with Gasteiger partial charge in [-0.05, 0) is 13.8 Å². The first-order valence-corrected chi connectivity index (χ1v) is 3.47. The van der Waals surface area contributed by atoms with Gasteiger partial charge in [0.05, 0.1) is 18.6 Å². The summed E-state index contributed by atoms with van der Waals surface area (Å²) in [5, 5.41) is 0. The van der Waals surface area contributed by atoms with E-state index in [-0.39, 0.29) is 0 Å². The Hall–Kier alpha value is -1.18. The highest BCUT2D eigenvalue weighted by molar-refractivity contribution is 5.05.